The van der Waals surface area contributed by atoms with E-state index in [0.717, 1.165) is 55.0 Å². The number of guanidine groups is 1. The lowest BCUT2D eigenvalue weighted by Gasteiger charge is -2.14. The summed E-state index contributed by atoms with van der Waals surface area (Å²) >= 11 is 1.70. The van der Waals surface area contributed by atoms with Crippen LogP contribution in [0.5, 0.6) is 0 Å². The molecule has 0 aliphatic heterocycles. The summed E-state index contributed by atoms with van der Waals surface area (Å²) in [7, 11) is 0. The topological polar surface area (TPSA) is 67.1 Å². The van der Waals surface area contributed by atoms with Crippen LogP contribution in [0.15, 0.2) is 16.4 Å². The fourth-order valence-corrected chi connectivity index (χ4v) is 3.28. The van der Waals surface area contributed by atoms with Gasteiger partial charge in [0.2, 0.25) is 0 Å². The van der Waals surface area contributed by atoms with Crippen LogP contribution in [-0.4, -0.2) is 40.4 Å². The van der Waals surface area contributed by atoms with Crippen molar-refractivity contribution in [2.75, 3.05) is 19.6 Å². The molecule has 2 aromatic rings. The van der Waals surface area contributed by atoms with Gasteiger partial charge in [-0.1, -0.05) is 6.92 Å². The van der Waals surface area contributed by atoms with Crippen LogP contribution >= 0.6 is 35.3 Å². The monoisotopic (exact) mass is 490 g/mol. The number of aliphatic imine (C=N–C) groups is 1. The molecule has 6 nitrogen and oxygen atoms in total. The Balaban J connectivity index is 0.00000338. The zero-order valence-electron chi connectivity index (χ0n) is 16.4. The first-order chi connectivity index (χ1) is 12.0. The van der Waals surface area contributed by atoms with Gasteiger partial charge in [-0.15, -0.1) is 35.3 Å². The van der Waals surface area contributed by atoms with Crippen LogP contribution in [0.3, 0.4) is 0 Å². The van der Waals surface area contributed by atoms with E-state index in [-0.39, 0.29) is 24.0 Å². The zero-order chi connectivity index (χ0) is 18.2. The normalized spacial score (nSPS) is 12.6. The lowest BCUT2D eigenvalue weighted by atomic mass is 10.2. The van der Waals surface area contributed by atoms with Crippen LogP contribution in [0.25, 0.3) is 0 Å². The third-order valence-corrected chi connectivity index (χ3v) is 4.66. The van der Waals surface area contributed by atoms with E-state index < -0.39 is 0 Å². The van der Waals surface area contributed by atoms with E-state index in [4.69, 9.17) is 4.99 Å². The molecule has 1 unspecified atom stereocenters. The molecule has 0 aromatic carbocycles. The van der Waals surface area contributed by atoms with Gasteiger partial charge in [0, 0.05) is 43.7 Å². The van der Waals surface area contributed by atoms with Crippen LogP contribution in [0.1, 0.15) is 35.9 Å². The second-order valence-electron chi connectivity index (χ2n) is 6.47. The Kier molecular flexibility index (Phi) is 10.1. The number of nitrogens with one attached hydrogen (secondary N) is 2. The van der Waals surface area contributed by atoms with Crippen LogP contribution in [-0.2, 0) is 13.0 Å². The highest BCUT2D eigenvalue weighted by Gasteiger charge is 2.07. The average molecular weight is 490 g/mol. The Morgan fingerprint density at radius 2 is 2.08 bits per heavy atom. The minimum atomic E-state index is 0. The molecule has 146 valence electrons. The van der Waals surface area contributed by atoms with Gasteiger partial charge >= 0.3 is 0 Å². The molecule has 2 heterocycles. The zero-order valence-corrected chi connectivity index (χ0v) is 19.5. The van der Waals surface area contributed by atoms with Crippen molar-refractivity contribution in [1.29, 1.82) is 0 Å². The molecule has 0 bridgehead atoms. The van der Waals surface area contributed by atoms with Gasteiger partial charge in [0.25, 0.3) is 0 Å². The van der Waals surface area contributed by atoms with Crippen molar-refractivity contribution in [3.8, 4) is 0 Å². The van der Waals surface area contributed by atoms with Gasteiger partial charge in [-0.2, -0.15) is 5.10 Å². The molecule has 0 aliphatic carbocycles. The summed E-state index contributed by atoms with van der Waals surface area (Å²) in [5.41, 5.74) is 3.42. The van der Waals surface area contributed by atoms with Crippen molar-refractivity contribution in [1.82, 2.24) is 25.4 Å². The fraction of sp³-hybridized carbons (Fsp3) is 0.611. The lowest BCUT2D eigenvalue weighted by Crippen LogP contribution is -2.38. The van der Waals surface area contributed by atoms with Gasteiger partial charge in [0.1, 0.15) is 0 Å². The molecule has 8 heteroatoms. The lowest BCUT2D eigenvalue weighted by molar-refractivity contribution is 0.449. The largest absolute Gasteiger partial charge is 0.357 e. The van der Waals surface area contributed by atoms with Crippen LogP contribution in [0.2, 0.25) is 0 Å². The molecule has 0 saturated heterocycles. The van der Waals surface area contributed by atoms with Gasteiger partial charge in [-0.3, -0.25) is 9.67 Å². The molecule has 2 N–H and O–H groups in total. The summed E-state index contributed by atoms with van der Waals surface area (Å²) in [4.78, 5) is 9.21. The summed E-state index contributed by atoms with van der Waals surface area (Å²) in [6, 6.07) is 2.11. The molecular formula is C18H31IN6S. The number of rotatable bonds is 8. The summed E-state index contributed by atoms with van der Waals surface area (Å²) in [5, 5.41) is 14.5. The highest BCUT2D eigenvalue weighted by molar-refractivity contribution is 14.0. The highest BCUT2D eigenvalue weighted by atomic mass is 127. The van der Waals surface area contributed by atoms with Crippen molar-refractivity contribution in [3.63, 3.8) is 0 Å². The number of hydrogen-bond acceptors (Lipinski definition) is 4. The number of nitrogens with zero attached hydrogens (tertiary/aromatic N) is 4. The van der Waals surface area contributed by atoms with Crippen molar-refractivity contribution < 1.29 is 0 Å². The van der Waals surface area contributed by atoms with E-state index in [9.17, 15) is 0 Å². The Bertz CT molecular complexity index is 694. The third-order valence-electron chi connectivity index (χ3n) is 3.83. The molecule has 0 spiro atoms. The first-order valence-electron chi connectivity index (χ1n) is 8.92. The number of hydrogen-bond donors (Lipinski definition) is 2. The summed E-state index contributed by atoms with van der Waals surface area (Å²) in [6.07, 6.45) is 0.913. The highest BCUT2D eigenvalue weighted by Crippen LogP contribution is 2.08. The summed E-state index contributed by atoms with van der Waals surface area (Å²) < 4.78 is 2.07. The summed E-state index contributed by atoms with van der Waals surface area (Å²) in [6.45, 7) is 13.8. The molecule has 1 atom stereocenters. The molecule has 0 radical (unpaired) electrons. The minimum Gasteiger partial charge on any atom is -0.357 e. The number of halogens is 1. The standard InChI is InChI=1S/C18H30N6S.HI/c1-6-19-18(20-8-7-17-12-25-16(5)22-17)21-10-13(2)11-24-15(4)9-14(3)23-24;/h9,12-13H,6-8,10-11H2,1-5H3,(H2,19,20,21);1H. The van der Waals surface area contributed by atoms with E-state index in [0.29, 0.717) is 5.92 Å². The predicted octanol–water partition coefficient (Wildman–Crippen LogP) is 3.32. The molecule has 2 aromatic heterocycles. The van der Waals surface area contributed by atoms with E-state index in [1.165, 1.54) is 5.69 Å². The van der Waals surface area contributed by atoms with Crippen molar-refractivity contribution >= 4 is 41.3 Å². The van der Waals surface area contributed by atoms with Gasteiger partial charge in [-0.05, 0) is 39.7 Å². The van der Waals surface area contributed by atoms with Crippen molar-refractivity contribution in [2.24, 2.45) is 10.9 Å². The fourth-order valence-electron chi connectivity index (χ4n) is 2.63. The second-order valence-corrected chi connectivity index (χ2v) is 7.53. The van der Waals surface area contributed by atoms with Gasteiger partial charge in [0.15, 0.2) is 5.96 Å². The average Bonchev–Trinajstić information content (AvgIpc) is 3.10. The second kappa shape index (κ2) is 11.5. The van der Waals surface area contributed by atoms with Crippen molar-refractivity contribution in [3.05, 3.63) is 33.5 Å². The van der Waals surface area contributed by atoms with Crippen LogP contribution in [0, 0.1) is 26.7 Å². The van der Waals surface area contributed by atoms with Crippen LogP contribution in [0.4, 0.5) is 0 Å². The number of aromatic nitrogens is 3. The maximum absolute atomic E-state index is 4.72. The Labute approximate surface area is 177 Å². The minimum absolute atomic E-state index is 0. The van der Waals surface area contributed by atoms with E-state index in [2.05, 4.69) is 57.6 Å². The number of aryl methyl sites for hydroxylation is 3. The van der Waals surface area contributed by atoms with Gasteiger partial charge in [0.05, 0.1) is 16.4 Å². The maximum atomic E-state index is 4.72. The summed E-state index contributed by atoms with van der Waals surface area (Å²) in [5.74, 6) is 1.30. The van der Waals surface area contributed by atoms with E-state index in [1.807, 2.05) is 13.8 Å². The molecule has 0 aliphatic rings. The Morgan fingerprint density at radius 3 is 2.65 bits per heavy atom. The quantitative estimate of drug-likeness (QED) is 0.339. The number of thiazole rings is 1. The SMILES string of the molecule is CCNC(=NCC(C)Cn1nc(C)cc1C)NCCc1csc(C)n1.I. The molecule has 26 heavy (non-hydrogen) atoms. The maximum Gasteiger partial charge on any atom is 0.191 e. The van der Waals surface area contributed by atoms with E-state index >= 15 is 0 Å². The molecule has 0 saturated carbocycles. The predicted molar refractivity (Wildman–Crippen MR) is 121 cm³/mol. The first-order valence-corrected chi connectivity index (χ1v) is 9.80. The molecule has 0 amide bonds. The Hall–Kier alpha value is -1.16. The molecule has 0 fully saturated rings. The van der Waals surface area contributed by atoms with Crippen LogP contribution < -0.4 is 10.6 Å². The molecule has 2 rings (SSSR count). The van der Waals surface area contributed by atoms with Gasteiger partial charge in [-0.25, -0.2) is 4.98 Å². The third kappa shape index (κ3) is 7.61. The Morgan fingerprint density at radius 1 is 1.31 bits per heavy atom. The molecular weight excluding hydrogens is 459 g/mol. The first kappa shape index (κ1) is 22.9. The van der Waals surface area contributed by atoms with Gasteiger partial charge < -0.3 is 10.6 Å². The van der Waals surface area contributed by atoms with E-state index in [1.54, 1.807) is 11.3 Å². The van der Waals surface area contributed by atoms with Crippen molar-refractivity contribution in [2.45, 2.75) is 47.6 Å². The smallest absolute Gasteiger partial charge is 0.191 e.